The second-order valence-electron chi connectivity index (χ2n) is 4.92. The van der Waals surface area contributed by atoms with Gasteiger partial charge in [0.05, 0.1) is 13.2 Å². The van der Waals surface area contributed by atoms with Gasteiger partial charge in [0, 0.05) is 6.54 Å². The van der Waals surface area contributed by atoms with E-state index in [0.29, 0.717) is 19.8 Å². The molecule has 2 aromatic carbocycles. The van der Waals surface area contributed by atoms with Gasteiger partial charge < -0.3 is 19.9 Å². The summed E-state index contributed by atoms with van der Waals surface area (Å²) in [5.41, 5.74) is 1.15. The second-order valence-corrected chi connectivity index (χ2v) is 4.92. The maximum Gasteiger partial charge on any atom is 0.120 e. The van der Waals surface area contributed by atoms with Gasteiger partial charge in [-0.15, -0.1) is 0 Å². The van der Waals surface area contributed by atoms with Crippen molar-refractivity contribution in [3.63, 3.8) is 0 Å². The third kappa shape index (κ3) is 6.16. The number of ether oxygens (including phenoxy) is 2. The molecule has 2 aromatic rings. The van der Waals surface area contributed by atoms with Crippen LogP contribution >= 0.6 is 0 Å². The maximum absolute atomic E-state index is 8.64. The molecule has 0 saturated carbocycles. The molecule has 0 aromatic heterocycles. The molecule has 0 heterocycles. The average Bonchev–Trinajstić information content (AvgIpc) is 2.58. The number of benzene rings is 2. The lowest BCUT2D eigenvalue weighted by molar-refractivity contribution is 0.281. The highest BCUT2D eigenvalue weighted by Gasteiger charge is 1.98. The smallest absolute Gasteiger partial charge is 0.120 e. The highest BCUT2D eigenvalue weighted by Crippen LogP contribution is 2.18. The van der Waals surface area contributed by atoms with E-state index in [-0.39, 0.29) is 6.61 Å². The first-order chi connectivity index (χ1) is 10.9. The van der Waals surface area contributed by atoms with E-state index >= 15 is 0 Å². The quantitative estimate of drug-likeness (QED) is 0.662. The Morgan fingerprint density at radius 2 is 1.50 bits per heavy atom. The van der Waals surface area contributed by atoms with Crippen molar-refractivity contribution in [2.75, 3.05) is 26.3 Å². The summed E-state index contributed by atoms with van der Waals surface area (Å²) < 4.78 is 11.4. The zero-order chi connectivity index (χ0) is 15.5. The molecule has 0 aliphatic rings. The van der Waals surface area contributed by atoms with Crippen molar-refractivity contribution in [1.82, 2.24) is 5.32 Å². The maximum atomic E-state index is 8.64. The predicted molar refractivity (Wildman–Crippen MR) is 87.3 cm³/mol. The van der Waals surface area contributed by atoms with Gasteiger partial charge in [-0.1, -0.05) is 30.3 Å². The van der Waals surface area contributed by atoms with Gasteiger partial charge in [-0.25, -0.2) is 0 Å². The number of nitrogens with one attached hydrogen (secondary N) is 1. The average molecular weight is 301 g/mol. The summed E-state index contributed by atoms with van der Waals surface area (Å²) in [5.74, 6) is 1.68. The van der Waals surface area contributed by atoms with Crippen molar-refractivity contribution in [3.8, 4) is 11.5 Å². The Morgan fingerprint density at radius 3 is 2.18 bits per heavy atom. The van der Waals surface area contributed by atoms with Gasteiger partial charge in [0.1, 0.15) is 18.1 Å². The summed E-state index contributed by atoms with van der Waals surface area (Å²) in [6.07, 6.45) is 0.909. The molecule has 4 heteroatoms. The van der Waals surface area contributed by atoms with E-state index in [4.69, 9.17) is 14.6 Å². The van der Waals surface area contributed by atoms with Crippen molar-refractivity contribution in [2.45, 2.75) is 13.0 Å². The Balaban J connectivity index is 1.67. The molecule has 0 aliphatic heterocycles. The lowest BCUT2D eigenvalue weighted by atomic mass is 10.2. The van der Waals surface area contributed by atoms with Gasteiger partial charge in [0.2, 0.25) is 0 Å². The van der Waals surface area contributed by atoms with Crippen molar-refractivity contribution < 1.29 is 14.6 Å². The monoisotopic (exact) mass is 301 g/mol. The summed E-state index contributed by atoms with van der Waals surface area (Å²) in [5, 5.41) is 11.8. The molecule has 0 spiro atoms. The molecular formula is C18H23NO3. The van der Waals surface area contributed by atoms with Gasteiger partial charge in [-0.2, -0.15) is 0 Å². The van der Waals surface area contributed by atoms with E-state index in [1.165, 1.54) is 0 Å². The minimum absolute atomic E-state index is 0.172. The number of hydrogen-bond donors (Lipinski definition) is 2. The predicted octanol–water partition coefficient (Wildman–Crippen LogP) is 2.62. The van der Waals surface area contributed by atoms with E-state index in [1.807, 2.05) is 54.6 Å². The van der Waals surface area contributed by atoms with Crippen molar-refractivity contribution in [3.05, 3.63) is 60.2 Å². The Bertz CT molecular complexity index is 514. The van der Waals surface area contributed by atoms with E-state index in [1.54, 1.807) is 0 Å². The van der Waals surface area contributed by atoms with E-state index in [9.17, 15) is 0 Å². The fourth-order valence-electron chi connectivity index (χ4n) is 1.96. The molecule has 4 nitrogen and oxygen atoms in total. The Kier molecular flexibility index (Phi) is 7.29. The molecule has 2 N–H and O–H groups in total. The molecule has 118 valence electrons. The van der Waals surface area contributed by atoms with Crippen LogP contribution in [0.3, 0.4) is 0 Å². The SMILES string of the molecule is OCCNCCCOc1ccc(OCc2ccccc2)cc1. The zero-order valence-electron chi connectivity index (χ0n) is 12.7. The first-order valence-corrected chi connectivity index (χ1v) is 7.59. The Labute approximate surface area is 131 Å². The van der Waals surface area contributed by atoms with Crippen LogP contribution in [0.15, 0.2) is 54.6 Å². The van der Waals surface area contributed by atoms with E-state index < -0.39 is 0 Å². The number of hydrogen-bond acceptors (Lipinski definition) is 4. The summed E-state index contributed by atoms with van der Waals surface area (Å²) in [4.78, 5) is 0. The summed E-state index contributed by atoms with van der Waals surface area (Å²) in [6, 6.07) is 17.8. The highest BCUT2D eigenvalue weighted by molar-refractivity contribution is 5.31. The van der Waals surface area contributed by atoms with Crippen LogP contribution in [0.25, 0.3) is 0 Å². The minimum atomic E-state index is 0.172. The topological polar surface area (TPSA) is 50.7 Å². The third-order valence-electron chi connectivity index (χ3n) is 3.13. The van der Waals surface area contributed by atoms with E-state index in [2.05, 4.69) is 5.32 Å². The first-order valence-electron chi connectivity index (χ1n) is 7.59. The van der Waals surface area contributed by atoms with Crippen LogP contribution in [0.1, 0.15) is 12.0 Å². The van der Waals surface area contributed by atoms with Gasteiger partial charge in [0.25, 0.3) is 0 Å². The number of rotatable bonds is 10. The van der Waals surface area contributed by atoms with Crippen molar-refractivity contribution >= 4 is 0 Å². The molecule has 22 heavy (non-hydrogen) atoms. The Hall–Kier alpha value is -2.04. The summed E-state index contributed by atoms with van der Waals surface area (Å²) >= 11 is 0. The molecular weight excluding hydrogens is 278 g/mol. The normalized spacial score (nSPS) is 10.4. The van der Waals surface area contributed by atoms with Crippen LogP contribution in [0.5, 0.6) is 11.5 Å². The molecule has 0 aliphatic carbocycles. The van der Waals surface area contributed by atoms with Crippen molar-refractivity contribution in [1.29, 1.82) is 0 Å². The van der Waals surface area contributed by atoms with Crippen LogP contribution in [0.4, 0.5) is 0 Å². The minimum Gasteiger partial charge on any atom is -0.494 e. The van der Waals surface area contributed by atoms with Crippen LogP contribution in [0, 0.1) is 0 Å². The van der Waals surface area contributed by atoms with Crippen molar-refractivity contribution in [2.24, 2.45) is 0 Å². The molecule has 0 bridgehead atoms. The van der Waals surface area contributed by atoms with Crippen LogP contribution < -0.4 is 14.8 Å². The van der Waals surface area contributed by atoms with Crippen LogP contribution in [-0.2, 0) is 6.61 Å². The van der Waals surface area contributed by atoms with Gasteiger partial charge >= 0.3 is 0 Å². The lowest BCUT2D eigenvalue weighted by Crippen LogP contribution is -2.20. The third-order valence-corrected chi connectivity index (χ3v) is 3.13. The van der Waals surface area contributed by atoms with Gasteiger partial charge in [-0.05, 0) is 42.8 Å². The zero-order valence-corrected chi connectivity index (χ0v) is 12.7. The molecule has 0 unspecified atom stereocenters. The first kappa shape index (κ1) is 16.3. The fraction of sp³-hybridized carbons (Fsp3) is 0.333. The molecule has 0 atom stereocenters. The highest BCUT2D eigenvalue weighted by atomic mass is 16.5. The molecule has 0 amide bonds. The van der Waals surface area contributed by atoms with Gasteiger partial charge in [-0.3, -0.25) is 0 Å². The van der Waals surface area contributed by atoms with Gasteiger partial charge in [0.15, 0.2) is 0 Å². The second kappa shape index (κ2) is 9.82. The summed E-state index contributed by atoms with van der Waals surface area (Å²) in [7, 11) is 0. The Morgan fingerprint density at radius 1 is 0.818 bits per heavy atom. The van der Waals surface area contributed by atoms with E-state index in [0.717, 1.165) is 30.0 Å². The standard InChI is InChI=1S/C18H23NO3/c20-13-12-19-11-4-14-21-17-7-9-18(10-8-17)22-15-16-5-2-1-3-6-16/h1-3,5-10,19-20H,4,11-15H2. The molecule has 0 radical (unpaired) electrons. The lowest BCUT2D eigenvalue weighted by Gasteiger charge is -2.09. The molecule has 2 rings (SSSR count). The fourth-order valence-corrected chi connectivity index (χ4v) is 1.96. The molecule has 0 fully saturated rings. The summed E-state index contributed by atoms with van der Waals surface area (Å²) in [6.45, 7) is 2.87. The largest absolute Gasteiger partial charge is 0.494 e. The molecule has 0 saturated heterocycles. The number of aliphatic hydroxyl groups excluding tert-OH is 1. The van der Waals surface area contributed by atoms with Crippen LogP contribution in [-0.4, -0.2) is 31.4 Å². The van der Waals surface area contributed by atoms with Crippen LogP contribution in [0.2, 0.25) is 0 Å². The number of aliphatic hydroxyl groups is 1.